The van der Waals surface area contributed by atoms with Crippen molar-refractivity contribution in [2.24, 2.45) is 10.9 Å². The lowest BCUT2D eigenvalue weighted by Gasteiger charge is -2.31. The van der Waals surface area contributed by atoms with Crippen LogP contribution in [0, 0.1) is 12.8 Å². The number of oxazole rings is 1. The van der Waals surface area contributed by atoms with E-state index in [1.54, 1.807) is 13.3 Å². The number of likely N-dealkylation sites (tertiary alicyclic amines) is 1. The first-order valence-corrected chi connectivity index (χ1v) is 10.4. The second-order valence-corrected chi connectivity index (χ2v) is 7.53. The van der Waals surface area contributed by atoms with Gasteiger partial charge < -0.3 is 20.0 Å². The third kappa shape index (κ3) is 5.83. The van der Waals surface area contributed by atoms with Gasteiger partial charge in [-0.2, -0.15) is 0 Å². The zero-order valence-corrected chi connectivity index (χ0v) is 17.4. The maximum absolute atomic E-state index is 5.62. The van der Waals surface area contributed by atoms with Gasteiger partial charge in [0.1, 0.15) is 6.26 Å². The monoisotopic (exact) mass is 383 g/mol. The van der Waals surface area contributed by atoms with Gasteiger partial charge in [-0.25, -0.2) is 4.98 Å². The zero-order valence-electron chi connectivity index (χ0n) is 17.4. The molecule has 1 aliphatic heterocycles. The Kier molecular flexibility index (Phi) is 7.48. The number of nitrogens with zero attached hydrogens (tertiary/aromatic N) is 3. The van der Waals surface area contributed by atoms with E-state index in [1.807, 2.05) is 12.1 Å². The van der Waals surface area contributed by atoms with Crippen molar-refractivity contribution in [3.8, 4) is 11.5 Å². The molecule has 1 aromatic carbocycles. The Morgan fingerprint density at radius 1 is 1.21 bits per heavy atom. The fourth-order valence-electron chi connectivity index (χ4n) is 3.60. The van der Waals surface area contributed by atoms with Crippen LogP contribution in [-0.4, -0.2) is 49.1 Å². The number of nitrogens with one attached hydrogen (secondary N) is 2. The second-order valence-electron chi connectivity index (χ2n) is 7.53. The average molecular weight is 384 g/mol. The number of aliphatic imine (C=N–C) groups is 1. The van der Waals surface area contributed by atoms with Crippen LogP contribution in [0.2, 0.25) is 0 Å². The molecule has 6 nitrogen and oxygen atoms in total. The van der Waals surface area contributed by atoms with Crippen molar-refractivity contribution in [1.82, 2.24) is 20.5 Å². The predicted molar refractivity (Wildman–Crippen MR) is 114 cm³/mol. The molecule has 1 fully saturated rings. The van der Waals surface area contributed by atoms with Crippen LogP contribution in [0.15, 0.2) is 39.9 Å². The van der Waals surface area contributed by atoms with Gasteiger partial charge in [-0.3, -0.25) is 4.99 Å². The van der Waals surface area contributed by atoms with Crippen LogP contribution in [0.1, 0.15) is 37.4 Å². The molecule has 1 aliphatic rings. The van der Waals surface area contributed by atoms with Crippen molar-refractivity contribution in [2.45, 2.75) is 39.7 Å². The highest BCUT2D eigenvalue weighted by Gasteiger charge is 2.17. The molecule has 1 aromatic heterocycles. The highest BCUT2D eigenvalue weighted by atomic mass is 16.3. The quantitative estimate of drug-likeness (QED) is 0.566. The Balaban J connectivity index is 1.40. The van der Waals surface area contributed by atoms with Crippen LogP contribution in [0.5, 0.6) is 0 Å². The van der Waals surface area contributed by atoms with Gasteiger partial charge in [-0.1, -0.05) is 24.6 Å². The summed E-state index contributed by atoms with van der Waals surface area (Å²) in [6, 6.07) is 8.19. The Morgan fingerprint density at radius 3 is 2.64 bits per heavy atom. The molecule has 0 unspecified atom stereocenters. The van der Waals surface area contributed by atoms with Crippen LogP contribution in [0.3, 0.4) is 0 Å². The molecule has 0 aliphatic carbocycles. The minimum atomic E-state index is 0.587. The van der Waals surface area contributed by atoms with E-state index in [0.717, 1.165) is 29.7 Å². The molecule has 0 spiro atoms. The number of rotatable bonds is 7. The van der Waals surface area contributed by atoms with E-state index in [1.165, 1.54) is 44.5 Å². The lowest BCUT2D eigenvalue weighted by atomic mass is 9.93. The van der Waals surface area contributed by atoms with E-state index >= 15 is 0 Å². The lowest BCUT2D eigenvalue weighted by molar-refractivity contribution is 0.187. The standard InChI is InChI=1S/C22H33N5O/c1-4-27-13-10-18(11-14-27)9-12-24-22(23-3)25-15-20-16-28-21(26-20)19-7-5-17(2)6-8-19/h5-8,16,18H,4,9-15H2,1-3H3,(H2,23,24,25). The van der Waals surface area contributed by atoms with Crippen LogP contribution < -0.4 is 10.6 Å². The number of benzene rings is 1. The van der Waals surface area contributed by atoms with Gasteiger partial charge in [0.05, 0.1) is 12.2 Å². The SMILES string of the molecule is CCN1CCC(CCNC(=NC)NCc2coc(-c3ccc(C)cc3)n2)CC1. The molecule has 28 heavy (non-hydrogen) atoms. The summed E-state index contributed by atoms with van der Waals surface area (Å²) < 4.78 is 5.62. The summed E-state index contributed by atoms with van der Waals surface area (Å²) in [5.41, 5.74) is 3.09. The molecule has 0 atom stereocenters. The van der Waals surface area contributed by atoms with Gasteiger partial charge in [0.15, 0.2) is 5.96 Å². The fraction of sp³-hybridized carbons (Fsp3) is 0.545. The molecule has 152 valence electrons. The Bertz CT molecular complexity index is 745. The maximum atomic E-state index is 5.62. The summed E-state index contributed by atoms with van der Waals surface area (Å²) in [4.78, 5) is 11.4. The highest BCUT2D eigenvalue weighted by molar-refractivity contribution is 5.79. The number of hydrogen-bond donors (Lipinski definition) is 2. The Morgan fingerprint density at radius 2 is 1.96 bits per heavy atom. The van der Waals surface area contributed by atoms with Crippen LogP contribution in [0.4, 0.5) is 0 Å². The smallest absolute Gasteiger partial charge is 0.226 e. The molecular formula is C22H33N5O. The molecule has 2 heterocycles. The van der Waals surface area contributed by atoms with Gasteiger partial charge in [-0.05, 0) is 63.9 Å². The largest absolute Gasteiger partial charge is 0.444 e. The zero-order chi connectivity index (χ0) is 19.8. The van der Waals surface area contributed by atoms with E-state index in [4.69, 9.17) is 4.42 Å². The molecule has 0 saturated carbocycles. The predicted octanol–water partition coefficient (Wildman–Crippen LogP) is 3.44. The number of hydrogen-bond acceptors (Lipinski definition) is 4. The van der Waals surface area contributed by atoms with Gasteiger partial charge in [0.25, 0.3) is 0 Å². The number of piperidine rings is 1. The molecule has 6 heteroatoms. The topological polar surface area (TPSA) is 65.7 Å². The first-order valence-electron chi connectivity index (χ1n) is 10.4. The van der Waals surface area contributed by atoms with E-state index in [9.17, 15) is 0 Å². The molecule has 0 radical (unpaired) electrons. The van der Waals surface area contributed by atoms with Crippen molar-refractivity contribution < 1.29 is 4.42 Å². The molecule has 3 rings (SSSR count). The molecule has 2 aromatic rings. The third-order valence-electron chi connectivity index (χ3n) is 5.51. The van der Waals surface area contributed by atoms with Crippen LogP contribution >= 0.6 is 0 Å². The maximum Gasteiger partial charge on any atom is 0.226 e. The van der Waals surface area contributed by atoms with Crippen molar-refractivity contribution >= 4 is 5.96 Å². The minimum Gasteiger partial charge on any atom is -0.444 e. The summed E-state index contributed by atoms with van der Waals surface area (Å²) in [6.07, 6.45) is 5.52. The van der Waals surface area contributed by atoms with Gasteiger partial charge >= 0.3 is 0 Å². The van der Waals surface area contributed by atoms with Crippen molar-refractivity contribution in [2.75, 3.05) is 33.2 Å². The van der Waals surface area contributed by atoms with Gasteiger partial charge in [0.2, 0.25) is 5.89 Å². The summed E-state index contributed by atoms with van der Waals surface area (Å²) >= 11 is 0. The van der Waals surface area contributed by atoms with Crippen molar-refractivity contribution in [3.63, 3.8) is 0 Å². The van der Waals surface area contributed by atoms with Crippen molar-refractivity contribution in [1.29, 1.82) is 0 Å². The number of aryl methyl sites for hydroxylation is 1. The Hall–Kier alpha value is -2.34. The summed E-state index contributed by atoms with van der Waals surface area (Å²) in [7, 11) is 1.80. The number of aromatic nitrogens is 1. The van der Waals surface area contributed by atoms with E-state index in [-0.39, 0.29) is 0 Å². The van der Waals surface area contributed by atoms with Gasteiger partial charge in [-0.15, -0.1) is 0 Å². The van der Waals surface area contributed by atoms with E-state index in [0.29, 0.717) is 12.4 Å². The van der Waals surface area contributed by atoms with Crippen LogP contribution in [0.25, 0.3) is 11.5 Å². The highest BCUT2D eigenvalue weighted by Crippen LogP contribution is 2.20. The first-order chi connectivity index (χ1) is 13.7. The molecule has 1 saturated heterocycles. The molecule has 2 N–H and O–H groups in total. The second kappa shape index (κ2) is 10.3. The summed E-state index contributed by atoms with van der Waals surface area (Å²) in [6.45, 7) is 9.51. The normalized spacial score (nSPS) is 16.3. The fourth-order valence-corrected chi connectivity index (χ4v) is 3.60. The number of guanidine groups is 1. The van der Waals surface area contributed by atoms with E-state index < -0.39 is 0 Å². The summed E-state index contributed by atoms with van der Waals surface area (Å²) in [5.74, 6) is 2.28. The van der Waals surface area contributed by atoms with Crippen molar-refractivity contribution in [3.05, 3.63) is 41.8 Å². The molecular weight excluding hydrogens is 350 g/mol. The molecule has 0 amide bonds. The van der Waals surface area contributed by atoms with Crippen LogP contribution in [-0.2, 0) is 6.54 Å². The first kappa shape index (κ1) is 20.4. The minimum absolute atomic E-state index is 0.587. The third-order valence-corrected chi connectivity index (χ3v) is 5.51. The molecule has 0 bridgehead atoms. The van der Waals surface area contributed by atoms with E-state index in [2.05, 4.69) is 51.5 Å². The summed E-state index contributed by atoms with van der Waals surface area (Å²) in [5, 5.41) is 6.75. The average Bonchev–Trinajstić information content (AvgIpc) is 3.20. The van der Waals surface area contributed by atoms with Gasteiger partial charge in [0, 0.05) is 19.2 Å². The lowest BCUT2D eigenvalue weighted by Crippen LogP contribution is -2.39. The Labute approximate surface area is 168 Å².